The molecule has 0 spiro atoms. The molecule has 0 radical (unpaired) electrons. The van der Waals surface area contributed by atoms with Crippen LogP contribution in [-0.4, -0.2) is 16.2 Å². The van der Waals surface area contributed by atoms with Gasteiger partial charge in [0.05, 0.1) is 0 Å². The van der Waals surface area contributed by atoms with Crippen LogP contribution in [0.25, 0.3) is 0 Å². The Bertz CT molecular complexity index is 391. The van der Waals surface area contributed by atoms with E-state index < -0.39 is 5.54 Å². The number of ketones is 1. The number of nitro groups is 1. The highest BCUT2D eigenvalue weighted by molar-refractivity contribution is 5.97. The van der Waals surface area contributed by atoms with Crippen LogP contribution in [-0.2, 0) is 4.79 Å². The highest BCUT2D eigenvalue weighted by Crippen LogP contribution is 2.39. The van der Waals surface area contributed by atoms with Crippen molar-refractivity contribution in [1.82, 2.24) is 0 Å². The van der Waals surface area contributed by atoms with Crippen molar-refractivity contribution in [2.75, 3.05) is 0 Å². The minimum atomic E-state index is -1.06. The Morgan fingerprint density at radius 3 is 2.29 bits per heavy atom. The van der Waals surface area contributed by atoms with E-state index in [4.69, 9.17) is 0 Å². The van der Waals surface area contributed by atoms with Crippen molar-refractivity contribution in [2.45, 2.75) is 59.4 Å². The second-order valence-electron chi connectivity index (χ2n) is 6.45. The van der Waals surface area contributed by atoms with E-state index in [1.165, 1.54) is 0 Å². The molecule has 0 aromatic carbocycles. The zero-order valence-electron chi connectivity index (χ0n) is 11.3. The van der Waals surface area contributed by atoms with Gasteiger partial charge in [-0.25, -0.2) is 0 Å². The van der Waals surface area contributed by atoms with Crippen molar-refractivity contribution in [3.05, 3.63) is 21.3 Å². The predicted molar refractivity (Wildman–Crippen MR) is 66.4 cm³/mol. The fourth-order valence-corrected chi connectivity index (χ4v) is 2.41. The lowest BCUT2D eigenvalue weighted by Gasteiger charge is -2.32. The molecule has 0 saturated carbocycles. The molecule has 0 amide bonds. The molecule has 0 aromatic rings. The van der Waals surface area contributed by atoms with Gasteiger partial charge in [-0.1, -0.05) is 19.4 Å². The van der Waals surface area contributed by atoms with Crippen molar-refractivity contribution in [3.8, 4) is 0 Å². The van der Waals surface area contributed by atoms with Gasteiger partial charge >= 0.3 is 0 Å². The van der Waals surface area contributed by atoms with E-state index in [2.05, 4.69) is 13.8 Å². The van der Waals surface area contributed by atoms with Crippen molar-refractivity contribution < 1.29 is 9.72 Å². The zero-order chi connectivity index (χ0) is 13.4. The lowest BCUT2D eigenvalue weighted by Crippen LogP contribution is -2.35. The molecule has 1 aliphatic carbocycles. The van der Waals surface area contributed by atoms with Gasteiger partial charge in [0.1, 0.15) is 0 Å². The lowest BCUT2D eigenvalue weighted by atomic mass is 9.72. The van der Waals surface area contributed by atoms with Gasteiger partial charge in [-0.3, -0.25) is 14.9 Å². The molecule has 17 heavy (non-hydrogen) atoms. The highest BCUT2D eigenvalue weighted by atomic mass is 16.6. The molecule has 0 aliphatic heterocycles. The molecule has 0 atom stereocenters. The van der Waals surface area contributed by atoms with Crippen LogP contribution in [0, 0.1) is 15.5 Å². The van der Waals surface area contributed by atoms with Crippen LogP contribution in [0.3, 0.4) is 0 Å². The molecule has 0 heterocycles. The normalized spacial score (nSPS) is 20.6. The summed E-state index contributed by atoms with van der Waals surface area (Å²) in [6.45, 7) is 9.18. The van der Waals surface area contributed by atoms with Crippen LogP contribution in [0.4, 0.5) is 0 Å². The second kappa shape index (κ2) is 4.24. The molecular weight excluding hydrogens is 218 g/mol. The third kappa shape index (κ3) is 3.14. The predicted octanol–water partition coefficient (Wildman–Crippen LogP) is 3.14. The molecule has 4 nitrogen and oxygen atoms in total. The fourth-order valence-electron chi connectivity index (χ4n) is 2.41. The number of hydrogen-bond donors (Lipinski definition) is 0. The maximum atomic E-state index is 12.0. The van der Waals surface area contributed by atoms with Crippen molar-refractivity contribution in [2.24, 2.45) is 5.41 Å². The highest BCUT2D eigenvalue weighted by Gasteiger charge is 2.38. The summed E-state index contributed by atoms with van der Waals surface area (Å²) in [7, 11) is 0. The van der Waals surface area contributed by atoms with Gasteiger partial charge in [-0.2, -0.15) is 0 Å². The van der Waals surface area contributed by atoms with E-state index in [1.54, 1.807) is 13.8 Å². The Balaban J connectivity index is 2.99. The molecule has 4 heteroatoms. The number of hydrogen-bond acceptors (Lipinski definition) is 3. The van der Waals surface area contributed by atoms with E-state index in [0.29, 0.717) is 12.0 Å². The van der Waals surface area contributed by atoms with Crippen LogP contribution < -0.4 is 0 Å². The summed E-state index contributed by atoms with van der Waals surface area (Å²) in [5.41, 5.74) is 0.615. The minimum Gasteiger partial charge on any atom is -0.295 e. The van der Waals surface area contributed by atoms with Crippen LogP contribution >= 0.6 is 0 Å². The molecule has 1 aliphatic rings. The van der Waals surface area contributed by atoms with Crippen LogP contribution in [0.2, 0.25) is 0 Å². The summed E-state index contributed by atoms with van der Waals surface area (Å²) in [4.78, 5) is 22.6. The average Bonchev–Trinajstić information content (AvgIpc) is 2.09. The quantitative estimate of drug-likeness (QED) is 0.561. The molecular formula is C13H21NO3. The first-order valence-corrected chi connectivity index (χ1v) is 5.91. The van der Waals surface area contributed by atoms with Gasteiger partial charge in [0.2, 0.25) is 5.54 Å². The number of rotatable bonds is 3. The van der Waals surface area contributed by atoms with Gasteiger partial charge in [-0.05, 0) is 18.8 Å². The van der Waals surface area contributed by atoms with Gasteiger partial charge in [0.15, 0.2) is 5.78 Å². The Hall–Kier alpha value is -1.19. The van der Waals surface area contributed by atoms with Gasteiger partial charge in [0, 0.05) is 37.2 Å². The summed E-state index contributed by atoms with van der Waals surface area (Å²) < 4.78 is 0. The van der Waals surface area contributed by atoms with Crippen LogP contribution in [0.15, 0.2) is 11.1 Å². The Kier molecular flexibility index (Phi) is 3.46. The van der Waals surface area contributed by atoms with E-state index in [9.17, 15) is 14.9 Å². The molecule has 0 aromatic heterocycles. The molecule has 1 rings (SSSR count). The van der Waals surface area contributed by atoms with Crippen LogP contribution in [0.5, 0.6) is 0 Å². The number of carbonyl (C=O) groups is 1. The first-order chi connectivity index (χ1) is 7.55. The first-order valence-electron chi connectivity index (χ1n) is 5.91. The van der Waals surface area contributed by atoms with Crippen molar-refractivity contribution in [1.29, 1.82) is 0 Å². The Morgan fingerprint density at radius 1 is 1.35 bits per heavy atom. The molecule has 96 valence electrons. The SMILES string of the molecule is CC1=C(CC(C)(C)[N+](=O)[O-])C(=O)CC(C)(C)C1. The smallest absolute Gasteiger partial charge is 0.220 e. The maximum absolute atomic E-state index is 12.0. The largest absolute Gasteiger partial charge is 0.295 e. The summed E-state index contributed by atoms with van der Waals surface area (Å²) in [6, 6.07) is 0. The standard InChI is InChI=1S/C13H21NO3/c1-9-6-12(2,3)8-11(15)10(9)7-13(4,5)14(16)17/h6-8H2,1-5H3. The number of nitrogens with zero attached hydrogens (tertiary/aromatic N) is 1. The number of allylic oxidation sites excluding steroid dienone is 1. The van der Waals surface area contributed by atoms with Crippen molar-refractivity contribution >= 4 is 5.78 Å². The fraction of sp³-hybridized carbons (Fsp3) is 0.769. The first kappa shape index (κ1) is 13.9. The molecule has 0 bridgehead atoms. The van der Waals surface area contributed by atoms with E-state index >= 15 is 0 Å². The Labute approximate surface area is 102 Å². The molecule has 0 unspecified atom stereocenters. The minimum absolute atomic E-state index is 0.0105. The van der Waals surface area contributed by atoms with Gasteiger partial charge in [0.25, 0.3) is 0 Å². The van der Waals surface area contributed by atoms with Crippen molar-refractivity contribution in [3.63, 3.8) is 0 Å². The number of carbonyl (C=O) groups excluding carboxylic acids is 1. The molecule has 0 fully saturated rings. The molecule has 0 saturated heterocycles. The molecule has 0 N–H and O–H groups in total. The number of Topliss-reactive ketones (excluding diaryl/α,β-unsaturated/α-hetero) is 1. The van der Waals surface area contributed by atoms with E-state index in [0.717, 1.165) is 12.0 Å². The third-order valence-corrected chi connectivity index (χ3v) is 3.34. The van der Waals surface area contributed by atoms with Gasteiger partial charge < -0.3 is 0 Å². The van der Waals surface area contributed by atoms with E-state index in [1.807, 2.05) is 6.92 Å². The second-order valence-corrected chi connectivity index (χ2v) is 6.45. The monoisotopic (exact) mass is 239 g/mol. The summed E-state index contributed by atoms with van der Waals surface area (Å²) in [5, 5.41) is 10.9. The topological polar surface area (TPSA) is 60.2 Å². The lowest BCUT2D eigenvalue weighted by molar-refractivity contribution is -0.559. The third-order valence-electron chi connectivity index (χ3n) is 3.34. The summed E-state index contributed by atoms with van der Waals surface area (Å²) in [5.74, 6) is 0.0775. The van der Waals surface area contributed by atoms with Crippen LogP contribution in [0.1, 0.15) is 53.9 Å². The summed E-state index contributed by atoms with van der Waals surface area (Å²) in [6.07, 6.45) is 1.58. The summed E-state index contributed by atoms with van der Waals surface area (Å²) >= 11 is 0. The van der Waals surface area contributed by atoms with Gasteiger partial charge in [-0.15, -0.1) is 0 Å². The zero-order valence-corrected chi connectivity index (χ0v) is 11.3. The Morgan fingerprint density at radius 2 is 1.88 bits per heavy atom. The average molecular weight is 239 g/mol. The maximum Gasteiger partial charge on any atom is 0.220 e. The van der Waals surface area contributed by atoms with E-state index in [-0.39, 0.29) is 22.5 Å².